The van der Waals surface area contributed by atoms with Gasteiger partial charge in [-0.15, -0.1) is 0 Å². The second-order valence-electron chi connectivity index (χ2n) is 3.90. The number of nitrogens with one attached hydrogen (secondary N) is 1. The zero-order valence-corrected chi connectivity index (χ0v) is 12.1. The van der Waals surface area contributed by atoms with Crippen LogP contribution in [0.2, 0.25) is 5.02 Å². The minimum absolute atomic E-state index is 0.281. The fourth-order valence-electron chi connectivity index (χ4n) is 1.58. The van der Waals surface area contributed by atoms with Crippen molar-refractivity contribution in [2.24, 2.45) is 0 Å². The van der Waals surface area contributed by atoms with E-state index in [4.69, 9.17) is 16.9 Å². The van der Waals surface area contributed by atoms with Gasteiger partial charge in [0, 0.05) is 16.7 Å². The molecular formula is C14H9BrClFN2. The van der Waals surface area contributed by atoms with Gasteiger partial charge in [0.15, 0.2) is 0 Å². The Bertz CT molecular complexity index is 652. The lowest BCUT2D eigenvalue weighted by Gasteiger charge is -2.09. The molecule has 0 fully saturated rings. The van der Waals surface area contributed by atoms with Crippen molar-refractivity contribution in [3.05, 3.63) is 62.8 Å². The molecule has 0 aliphatic heterocycles. The summed E-state index contributed by atoms with van der Waals surface area (Å²) < 4.78 is 13.7. The summed E-state index contributed by atoms with van der Waals surface area (Å²) in [7, 11) is 0. The lowest BCUT2D eigenvalue weighted by Crippen LogP contribution is -2.00. The first kappa shape index (κ1) is 13.9. The number of hydrogen-bond donors (Lipinski definition) is 1. The number of nitrogens with zero attached hydrogens (tertiary/aromatic N) is 1. The molecule has 0 aromatic heterocycles. The van der Waals surface area contributed by atoms with Gasteiger partial charge in [-0.1, -0.05) is 33.6 Å². The molecule has 0 unspecified atom stereocenters. The van der Waals surface area contributed by atoms with Gasteiger partial charge in [0.2, 0.25) is 0 Å². The van der Waals surface area contributed by atoms with Gasteiger partial charge in [0.05, 0.1) is 10.6 Å². The van der Waals surface area contributed by atoms with Crippen LogP contribution in [0.3, 0.4) is 0 Å². The first-order valence-electron chi connectivity index (χ1n) is 5.47. The predicted octanol–water partition coefficient (Wildman–Crippen LogP) is 4.73. The molecule has 0 saturated carbocycles. The van der Waals surface area contributed by atoms with Crippen LogP contribution in [-0.4, -0.2) is 0 Å². The second kappa shape index (κ2) is 6.05. The van der Waals surface area contributed by atoms with E-state index < -0.39 is 0 Å². The molecule has 19 heavy (non-hydrogen) atoms. The molecule has 0 aliphatic rings. The molecule has 0 atom stereocenters. The van der Waals surface area contributed by atoms with Crippen molar-refractivity contribution < 1.29 is 4.39 Å². The van der Waals surface area contributed by atoms with E-state index in [2.05, 4.69) is 21.2 Å². The van der Waals surface area contributed by atoms with Crippen LogP contribution >= 0.6 is 27.5 Å². The Morgan fingerprint density at radius 1 is 1.26 bits per heavy atom. The maximum Gasteiger partial charge on any atom is 0.124 e. The van der Waals surface area contributed by atoms with Gasteiger partial charge in [-0.2, -0.15) is 5.26 Å². The van der Waals surface area contributed by atoms with Gasteiger partial charge in [-0.25, -0.2) is 4.39 Å². The van der Waals surface area contributed by atoms with Gasteiger partial charge in [0.1, 0.15) is 11.9 Å². The van der Waals surface area contributed by atoms with Crippen molar-refractivity contribution in [1.29, 1.82) is 5.26 Å². The van der Waals surface area contributed by atoms with E-state index in [1.54, 1.807) is 24.3 Å². The Hall–Kier alpha value is -1.57. The Kier molecular flexibility index (Phi) is 4.41. The summed E-state index contributed by atoms with van der Waals surface area (Å²) >= 11 is 9.25. The van der Waals surface area contributed by atoms with E-state index in [-0.39, 0.29) is 5.82 Å². The molecule has 96 valence electrons. The number of rotatable bonds is 3. The topological polar surface area (TPSA) is 35.8 Å². The van der Waals surface area contributed by atoms with Crippen LogP contribution < -0.4 is 5.32 Å². The molecular weight excluding hydrogens is 331 g/mol. The standard InChI is InChI=1S/C14H9BrClFN2/c15-13-5-11(17)3-1-10(13)8-19-12-4-2-9(7-18)14(16)6-12/h1-6,19H,8H2. The largest absolute Gasteiger partial charge is 0.381 e. The van der Waals surface area contributed by atoms with Crippen LogP contribution in [0.1, 0.15) is 11.1 Å². The van der Waals surface area contributed by atoms with E-state index in [0.29, 0.717) is 21.6 Å². The average Bonchev–Trinajstić information content (AvgIpc) is 2.38. The van der Waals surface area contributed by atoms with Gasteiger partial charge in [-0.05, 0) is 35.9 Å². The van der Waals surface area contributed by atoms with Crippen LogP contribution in [0, 0.1) is 17.1 Å². The summed E-state index contributed by atoms with van der Waals surface area (Å²) in [6.07, 6.45) is 0. The third-order valence-electron chi connectivity index (χ3n) is 2.59. The van der Waals surface area contributed by atoms with Crippen LogP contribution in [0.4, 0.5) is 10.1 Å². The molecule has 0 aliphatic carbocycles. The molecule has 0 heterocycles. The van der Waals surface area contributed by atoms with E-state index in [9.17, 15) is 4.39 Å². The number of nitriles is 1. The van der Waals surface area contributed by atoms with Crippen molar-refractivity contribution >= 4 is 33.2 Å². The molecule has 2 rings (SSSR count). The van der Waals surface area contributed by atoms with E-state index in [0.717, 1.165) is 11.3 Å². The Morgan fingerprint density at radius 2 is 2.05 bits per heavy atom. The third-order valence-corrected chi connectivity index (χ3v) is 3.64. The molecule has 2 nitrogen and oxygen atoms in total. The zero-order valence-electron chi connectivity index (χ0n) is 9.75. The lowest BCUT2D eigenvalue weighted by molar-refractivity contribution is 0.626. The van der Waals surface area contributed by atoms with E-state index >= 15 is 0 Å². The molecule has 0 spiro atoms. The highest BCUT2D eigenvalue weighted by Crippen LogP contribution is 2.22. The first-order chi connectivity index (χ1) is 9.10. The van der Waals surface area contributed by atoms with Crippen LogP contribution in [0.25, 0.3) is 0 Å². The van der Waals surface area contributed by atoms with E-state index in [1.165, 1.54) is 12.1 Å². The van der Waals surface area contributed by atoms with Gasteiger partial charge in [-0.3, -0.25) is 0 Å². The normalized spacial score (nSPS) is 10.0. The minimum atomic E-state index is -0.281. The summed E-state index contributed by atoms with van der Waals surface area (Å²) in [5.74, 6) is -0.281. The van der Waals surface area contributed by atoms with Crippen molar-refractivity contribution in [1.82, 2.24) is 0 Å². The summed E-state index contributed by atoms with van der Waals surface area (Å²) in [5, 5.41) is 12.4. The highest BCUT2D eigenvalue weighted by atomic mass is 79.9. The summed E-state index contributed by atoms with van der Waals surface area (Å²) in [4.78, 5) is 0. The minimum Gasteiger partial charge on any atom is -0.381 e. The SMILES string of the molecule is N#Cc1ccc(NCc2ccc(F)cc2Br)cc1Cl. The zero-order chi connectivity index (χ0) is 13.8. The van der Waals surface area contributed by atoms with Crippen molar-refractivity contribution in [3.8, 4) is 6.07 Å². The van der Waals surface area contributed by atoms with Gasteiger partial charge in [0.25, 0.3) is 0 Å². The van der Waals surface area contributed by atoms with Crippen LogP contribution in [0.15, 0.2) is 40.9 Å². The highest BCUT2D eigenvalue weighted by Gasteiger charge is 2.03. The number of halogens is 3. The molecule has 2 aromatic rings. The Balaban J connectivity index is 2.10. The fraction of sp³-hybridized carbons (Fsp3) is 0.0714. The second-order valence-corrected chi connectivity index (χ2v) is 5.16. The Morgan fingerprint density at radius 3 is 2.68 bits per heavy atom. The third kappa shape index (κ3) is 3.46. The molecule has 0 bridgehead atoms. The summed E-state index contributed by atoms with van der Waals surface area (Å²) in [5.41, 5.74) is 2.18. The number of anilines is 1. The molecule has 0 amide bonds. The first-order valence-corrected chi connectivity index (χ1v) is 6.64. The average molecular weight is 340 g/mol. The van der Waals surface area contributed by atoms with E-state index in [1.807, 2.05) is 6.07 Å². The predicted molar refractivity (Wildman–Crippen MR) is 77.6 cm³/mol. The molecule has 0 saturated heterocycles. The molecule has 5 heteroatoms. The number of benzene rings is 2. The molecule has 0 radical (unpaired) electrons. The monoisotopic (exact) mass is 338 g/mol. The smallest absolute Gasteiger partial charge is 0.124 e. The molecule has 2 aromatic carbocycles. The Labute approximate surface area is 123 Å². The summed E-state index contributed by atoms with van der Waals surface area (Å²) in [6.45, 7) is 0.531. The van der Waals surface area contributed by atoms with Crippen molar-refractivity contribution in [3.63, 3.8) is 0 Å². The lowest BCUT2D eigenvalue weighted by atomic mass is 10.2. The van der Waals surface area contributed by atoms with Crippen molar-refractivity contribution in [2.75, 3.05) is 5.32 Å². The summed E-state index contributed by atoms with van der Waals surface area (Å²) in [6, 6.07) is 11.7. The van der Waals surface area contributed by atoms with Crippen molar-refractivity contribution in [2.45, 2.75) is 6.54 Å². The maximum absolute atomic E-state index is 12.9. The van der Waals surface area contributed by atoms with Gasteiger partial charge >= 0.3 is 0 Å². The van der Waals surface area contributed by atoms with Gasteiger partial charge < -0.3 is 5.32 Å². The maximum atomic E-state index is 12.9. The highest BCUT2D eigenvalue weighted by molar-refractivity contribution is 9.10. The quantitative estimate of drug-likeness (QED) is 0.878. The fourth-order valence-corrected chi connectivity index (χ4v) is 2.29. The molecule has 1 N–H and O–H groups in total. The van der Waals surface area contributed by atoms with Crippen LogP contribution in [0.5, 0.6) is 0 Å². The van der Waals surface area contributed by atoms with Crippen LogP contribution in [-0.2, 0) is 6.54 Å². The number of hydrogen-bond acceptors (Lipinski definition) is 2.